The number of nitrogens with zero attached hydrogens (tertiary/aromatic N) is 1. The highest BCUT2D eigenvalue weighted by Gasteiger charge is 2.16. The Morgan fingerprint density at radius 2 is 1.56 bits per heavy atom. The van der Waals surface area contributed by atoms with Crippen LogP contribution in [0.2, 0.25) is 5.02 Å². The summed E-state index contributed by atoms with van der Waals surface area (Å²) in [6.45, 7) is 1.78. The molecule has 2 nitrogen and oxygen atoms in total. The molecule has 0 atom stereocenters. The van der Waals surface area contributed by atoms with Gasteiger partial charge >= 0.3 is 0 Å². The number of hydrogen-bond donors (Lipinski definition) is 0. The van der Waals surface area contributed by atoms with Crippen molar-refractivity contribution < 1.29 is 4.79 Å². The maximum absolute atomic E-state index is 12.1. The summed E-state index contributed by atoms with van der Waals surface area (Å²) >= 11 is 5.80. The van der Waals surface area contributed by atoms with Gasteiger partial charge in [-0.3, -0.25) is 4.79 Å². The Kier molecular flexibility index (Phi) is 3.83. The van der Waals surface area contributed by atoms with Gasteiger partial charge in [0.05, 0.1) is 0 Å². The zero-order chi connectivity index (χ0) is 11.4. The van der Waals surface area contributed by atoms with Crippen LogP contribution >= 0.6 is 11.6 Å². The average Bonchev–Trinajstić information content (AvgIpc) is 2.57. The van der Waals surface area contributed by atoms with Gasteiger partial charge in [-0.15, -0.1) is 0 Å². The summed E-state index contributed by atoms with van der Waals surface area (Å²) in [6.07, 6.45) is 4.73. The summed E-state index contributed by atoms with van der Waals surface area (Å²) in [5.74, 6) is 0.138. The predicted octanol–water partition coefficient (Wildman–Crippen LogP) is 3.36. The Labute approximate surface area is 101 Å². The van der Waals surface area contributed by atoms with Gasteiger partial charge in [0.1, 0.15) is 0 Å². The minimum Gasteiger partial charge on any atom is -0.339 e. The first-order valence-corrected chi connectivity index (χ1v) is 6.20. The van der Waals surface area contributed by atoms with Crippen molar-refractivity contribution in [2.45, 2.75) is 25.7 Å². The summed E-state index contributed by atoms with van der Waals surface area (Å²) < 4.78 is 0. The summed E-state index contributed by atoms with van der Waals surface area (Å²) in [7, 11) is 0. The Morgan fingerprint density at radius 1 is 1.00 bits per heavy atom. The van der Waals surface area contributed by atoms with Crippen molar-refractivity contribution in [2.75, 3.05) is 13.1 Å². The number of hydrogen-bond acceptors (Lipinski definition) is 1. The normalized spacial score (nSPS) is 16.9. The van der Waals surface area contributed by atoms with Crippen LogP contribution < -0.4 is 0 Å². The molecule has 1 heterocycles. The largest absolute Gasteiger partial charge is 0.339 e. The maximum Gasteiger partial charge on any atom is 0.253 e. The molecule has 2 rings (SSSR count). The highest BCUT2D eigenvalue weighted by Crippen LogP contribution is 2.15. The molecule has 0 unspecified atom stereocenters. The molecule has 3 heteroatoms. The minimum absolute atomic E-state index is 0.138. The second-order valence-electron chi connectivity index (χ2n) is 4.21. The van der Waals surface area contributed by atoms with Crippen molar-refractivity contribution in [1.82, 2.24) is 4.90 Å². The van der Waals surface area contributed by atoms with Gasteiger partial charge < -0.3 is 4.90 Å². The van der Waals surface area contributed by atoms with Crippen LogP contribution in [-0.4, -0.2) is 23.9 Å². The van der Waals surface area contributed by atoms with Crippen LogP contribution in [0.15, 0.2) is 24.3 Å². The molecule has 1 aromatic rings. The number of benzene rings is 1. The number of likely N-dealkylation sites (tertiary alicyclic amines) is 1. The maximum atomic E-state index is 12.1. The molecule has 0 N–H and O–H groups in total. The number of carbonyl (C=O) groups excluding carboxylic acids is 1. The molecular formula is C13H16ClNO. The van der Waals surface area contributed by atoms with E-state index >= 15 is 0 Å². The van der Waals surface area contributed by atoms with Crippen molar-refractivity contribution >= 4 is 17.5 Å². The molecule has 0 bridgehead atoms. The lowest BCUT2D eigenvalue weighted by atomic mass is 10.2. The fourth-order valence-corrected chi connectivity index (χ4v) is 2.17. The van der Waals surface area contributed by atoms with Gasteiger partial charge in [0.25, 0.3) is 5.91 Å². The van der Waals surface area contributed by atoms with E-state index in [0.717, 1.165) is 31.5 Å². The van der Waals surface area contributed by atoms with Crippen LogP contribution in [0.25, 0.3) is 0 Å². The van der Waals surface area contributed by atoms with E-state index < -0.39 is 0 Å². The summed E-state index contributed by atoms with van der Waals surface area (Å²) in [5, 5.41) is 0.674. The molecule has 0 aliphatic carbocycles. The van der Waals surface area contributed by atoms with E-state index in [1.165, 1.54) is 12.8 Å². The van der Waals surface area contributed by atoms with E-state index in [-0.39, 0.29) is 5.91 Å². The van der Waals surface area contributed by atoms with E-state index in [2.05, 4.69) is 0 Å². The monoisotopic (exact) mass is 237 g/mol. The van der Waals surface area contributed by atoms with E-state index in [9.17, 15) is 4.79 Å². The molecular weight excluding hydrogens is 222 g/mol. The zero-order valence-electron chi connectivity index (χ0n) is 9.29. The van der Waals surface area contributed by atoms with Crippen LogP contribution in [-0.2, 0) is 0 Å². The molecule has 0 spiro atoms. The van der Waals surface area contributed by atoms with Gasteiger partial charge in [-0.25, -0.2) is 0 Å². The molecule has 1 aromatic carbocycles. The molecule has 86 valence electrons. The molecule has 1 aliphatic rings. The summed E-state index contributed by atoms with van der Waals surface area (Å²) in [6, 6.07) is 7.14. The number of halogens is 1. The van der Waals surface area contributed by atoms with Crippen molar-refractivity contribution in [2.24, 2.45) is 0 Å². The average molecular weight is 238 g/mol. The third-order valence-corrected chi connectivity index (χ3v) is 3.24. The lowest BCUT2D eigenvalue weighted by molar-refractivity contribution is 0.0761. The third-order valence-electron chi connectivity index (χ3n) is 2.98. The van der Waals surface area contributed by atoms with E-state index in [1.807, 2.05) is 4.90 Å². The highest BCUT2D eigenvalue weighted by molar-refractivity contribution is 6.30. The summed E-state index contributed by atoms with van der Waals surface area (Å²) in [4.78, 5) is 14.1. The van der Waals surface area contributed by atoms with Crippen LogP contribution in [0.5, 0.6) is 0 Å². The Bertz CT molecular complexity index is 353. The number of amides is 1. The molecule has 1 fully saturated rings. The number of carbonyl (C=O) groups is 1. The Balaban J connectivity index is 2.08. The topological polar surface area (TPSA) is 20.3 Å². The zero-order valence-corrected chi connectivity index (χ0v) is 10.0. The SMILES string of the molecule is O=C(c1ccc(Cl)cc1)N1CCCCCC1. The standard InChI is InChI=1S/C13H16ClNO/c14-12-7-5-11(6-8-12)13(16)15-9-3-1-2-4-10-15/h5-8H,1-4,9-10H2. The summed E-state index contributed by atoms with van der Waals surface area (Å²) in [5.41, 5.74) is 0.742. The quantitative estimate of drug-likeness (QED) is 0.734. The molecule has 16 heavy (non-hydrogen) atoms. The van der Waals surface area contributed by atoms with Crippen LogP contribution in [0.4, 0.5) is 0 Å². The van der Waals surface area contributed by atoms with Gasteiger partial charge in [0.15, 0.2) is 0 Å². The highest BCUT2D eigenvalue weighted by atomic mass is 35.5. The van der Waals surface area contributed by atoms with E-state index in [4.69, 9.17) is 11.6 Å². The Morgan fingerprint density at radius 3 is 2.12 bits per heavy atom. The van der Waals surface area contributed by atoms with Gasteiger partial charge in [0.2, 0.25) is 0 Å². The van der Waals surface area contributed by atoms with Crippen molar-refractivity contribution in [3.8, 4) is 0 Å². The second kappa shape index (κ2) is 5.35. The smallest absolute Gasteiger partial charge is 0.253 e. The fraction of sp³-hybridized carbons (Fsp3) is 0.462. The first-order valence-electron chi connectivity index (χ1n) is 5.82. The van der Waals surface area contributed by atoms with Crippen molar-refractivity contribution in [1.29, 1.82) is 0 Å². The fourth-order valence-electron chi connectivity index (χ4n) is 2.05. The number of rotatable bonds is 1. The Hall–Kier alpha value is -1.02. The van der Waals surface area contributed by atoms with Crippen LogP contribution in [0.3, 0.4) is 0 Å². The van der Waals surface area contributed by atoms with Gasteiger partial charge in [-0.1, -0.05) is 24.4 Å². The van der Waals surface area contributed by atoms with Gasteiger partial charge in [-0.2, -0.15) is 0 Å². The minimum atomic E-state index is 0.138. The third kappa shape index (κ3) is 2.76. The van der Waals surface area contributed by atoms with Crippen molar-refractivity contribution in [3.63, 3.8) is 0 Å². The lowest BCUT2D eigenvalue weighted by Crippen LogP contribution is -2.31. The molecule has 1 saturated heterocycles. The molecule has 0 radical (unpaired) electrons. The van der Waals surface area contributed by atoms with Crippen LogP contribution in [0, 0.1) is 0 Å². The van der Waals surface area contributed by atoms with Crippen LogP contribution in [0.1, 0.15) is 36.0 Å². The van der Waals surface area contributed by atoms with Gasteiger partial charge in [-0.05, 0) is 37.1 Å². The van der Waals surface area contributed by atoms with E-state index in [1.54, 1.807) is 24.3 Å². The predicted molar refractivity (Wildman–Crippen MR) is 65.8 cm³/mol. The van der Waals surface area contributed by atoms with E-state index in [0.29, 0.717) is 5.02 Å². The van der Waals surface area contributed by atoms with Crippen molar-refractivity contribution in [3.05, 3.63) is 34.9 Å². The molecule has 0 saturated carbocycles. The first kappa shape index (κ1) is 11.5. The molecule has 1 aliphatic heterocycles. The van der Waals surface area contributed by atoms with Gasteiger partial charge in [0, 0.05) is 23.7 Å². The second-order valence-corrected chi connectivity index (χ2v) is 4.65. The molecule has 0 aromatic heterocycles. The molecule has 1 amide bonds. The first-order chi connectivity index (χ1) is 7.77. The lowest BCUT2D eigenvalue weighted by Gasteiger charge is -2.20.